The highest BCUT2D eigenvalue weighted by atomic mass is 35.5. The molecule has 0 aliphatic rings. The molecule has 2 aromatic carbocycles. The predicted octanol–water partition coefficient (Wildman–Crippen LogP) is 4.70. The van der Waals surface area contributed by atoms with Crippen LogP contribution in [0.5, 0.6) is 0 Å². The lowest BCUT2D eigenvalue weighted by Crippen LogP contribution is -2.11. The first-order valence-corrected chi connectivity index (χ1v) is 9.18. The minimum absolute atomic E-state index is 0.291. The van der Waals surface area contributed by atoms with Gasteiger partial charge in [0.15, 0.2) is 0 Å². The number of halogens is 1. The Balaban J connectivity index is 1.68. The van der Waals surface area contributed by atoms with Gasteiger partial charge in [0.25, 0.3) is 0 Å². The fraction of sp³-hybridized carbons (Fsp3) is 0. The van der Waals surface area contributed by atoms with Crippen LogP contribution in [0.15, 0.2) is 79.3 Å². The zero-order chi connectivity index (χ0) is 20.2. The van der Waals surface area contributed by atoms with Crippen molar-refractivity contribution in [1.29, 1.82) is 0 Å². The van der Waals surface area contributed by atoms with Crippen LogP contribution in [0.4, 0.5) is 11.6 Å². The van der Waals surface area contributed by atoms with Gasteiger partial charge < -0.3 is 11.1 Å². The summed E-state index contributed by atoms with van der Waals surface area (Å²) in [6, 6.07) is 19.6. The van der Waals surface area contributed by atoms with Crippen LogP contribution in [0.2, 0.25) is 5.02 Å². The monoisotopic (exact) mass is 401 g/mol. The number of aromatic nitrogens is 3. The number of rotatable bonds is 5. The van der Waals surface area contributed by atoms with Crippen LogP contribution >= 0.6 is 11.6 Å². The van der Waals surface area contributed by atoms with Gasteiger partial charge in [0, 0.05) is 11.8 Å². The van der Waals surface area contributed by atoms with Crippen molar-refractivity contribution in [3.63, 3.8) is 0 Å². The Morgan fingerprint density at radius 3 is 2.45 bits per heavy atom. The number of pyridine rings is 1. The first-order valence-electron chi connectivity index (χ1n) is 8.80. The summed E-state index contributed by atoms with van der Waals surface area (Å²) in [4.78, 5) is 24.1. The molecule has 4 aromatic rings. The molecular weight excluding hydrogens is 386 g/mol. The molecule has 0 radical (unpaired) electrons. The van der Waals surface area contributed by atoms with Gasteiger partial charge in [-0.25, -0.2) is 9.97 Å². The van der Waals surface area contributed by atoms with Crippen LogP contribution in [0, 0.1) is 0 Å². The van der Waals surface area contributed by atoms with Crippen molar-refractivity contribution in [1.82, 2.24) is 15.0 Å². The average molecular weight is 402 g/mol. The third kappa shape index (κ3) is 4.23. The second kappa shape index (κ2) is 8.08. The van der Waals surface area contributed by atoms with Crippen molar-refractivity contribution in [2.45, 2.75) is 0 Å². The molecule has 0 saturated heterocycles. The fourth-order valence-corrected chi connectivity index (χ4v) is 3.08. The van der Waals surface area contributed by atoms with Gasteiger partial charge in [0.05, 0.1) is 34.4 Å². The molecule has 4 rings (SSSR count). The zero-order valence-corrected chi connectivity index (χ0v) is 16.0. The number of hydrogen-bond acceptors (Lipinski definition) is 5. The topological polar surface area (TPSA) is 93.8 Å². The van der Waals surface area contributed by atoms with Crippen molar-refractivity contribution in [3.05, 3.63) is 89.8 Å². The molecule has 3 N–H and O–H groups in total. The second-order valence-electron chi connectivity index (χ2n) is 6.29. The third-order valence-corrected chi connectivity index (χ3v) is 4.54. The first-order chi connectivity index (χ1) is 14.1. The summed E-state index contributed by atoms with van der Waals surface area (Å²) in [6.07, 6.45) is 4.49. The van der Waals surface area contributed by atoms with Crippen LogP contribution in [0.3, 0.4) is 0 Å². The van der Waals surface area contributed by atoms with Crippen LogP contribution in [-0.2, 0) is 0 Å². The number of carbonyl (C=O) groups is 1. The minimum atomic E-state index is -0.559. The predicted molar refractivity (Wildman–Crippen MR) is 114 cm³/mol. The Bertz CT molecular complexity index is 1180. The van der Waals surface area contributed by atoms with Crippen molar-refractivity contribution in [3.8, 4) is 22.4 Å². The normalized spacial score (nSPS) is 10.5. The molecule has 2 heterocycles. The van der Waals surface area contributed by atoms with Gasteiger partial charge in [-0.05, 0) is 23.3 Å². The van der Waals surface area contributed by atoms with E-state index in [9.17, 15) is 4.79 Å². The number of hydrogen-bond donors (Lipinski definition) is 2. The van der Waals surface area contributed by atoms with Crippen molar-refractivity contribution >= 4 is 29.1 Å². The largest absolute Gasteiger partial charge is 0.366 e. The van der Waals surface area contributed by atoms with Gasteiger partial charge in [0.2, 0.25) is 11.9 Å². The number of nitrogens with one attached hydrogen (secondary N) is 1. The smallest absolute Gasteiger partial charge is 0.250 e. The van der Waals surface area contributed by atoms with E-state index in [1.807, 2.05) is 54.6 Å². The molecule has 7 heteroatoms. The summed E-state index contributed by atoms with van der Waals surface area (Å²) in [5.74, 6) is -0.227. The van der Waals surface area contributed by atoms with Crippen LogP contribution < -0.4 is 11.1 Å². The average Bonchev–Trinajstić information content (AvgIpc) is 2.76. The number of nitrogens with zero attached hydrogens (tertiary/aromatic N) is 3. The number of amides is 1. The van der Waals surface area contributed by atoms with E-state index in [-0.39, 0.29) is 0 Å². The molecule has 0 bridgehead atoms. The molecule has 0 atom stereocenters. The van der Waals surface area contributed by atoms with E-state index in [1.54, 1.807) is 12.3 Å². The molecule has 0 aliphatic carbocycles. The number of benzene rings is 2. The first kappa shape index (κ1) is 18.6. The molecule has 0 aliphatic heterocycles. The highest BCUT2D eigenvalue weighted by Gasteiger charge is 2.11. The SMILES string of the molecule is NC(=O)c1cncc(Nc2ncc(Cl)c(-c3cccc(-c4ccccc4)c3)n2)c1. The quantitative estimate of drug-likeness (QED) is 0.505. The Hall–Kier alpha value is -3.77. The van der Waals surface area contributed by atoms with Gasteiger partial charge in [-0.2, -0.15) is 0 Å². The highest BCUT2D eigenvalue weighted by Crippen LogP contribution is 2.30. The molecule has 142 valence electrons. The summed E-state index contributed by atoms with van der Waals surface area (Å²) in [5.41, 5.74) is 9.77. The molecule has 0 saturated carbocycles. The Kier molecular flexibility index (Phi) is 5.18. The summed E-state index contributed by atoms with van der Waals surface area (Å²) in [7, 11) is 0. The Morgan fingerprint density at radius 2 is 1.66 bits per heavy atom. The Labute approximate surface area is 172 Å². The maximum Gasteiger partial charge on any atom is 0.250 e. The van der Waals surface area contributed by atoms with Gasteiger partial charge in [-0.15, -0.1) is 0 Å². The van der Waals surface area contributed by atoms with Crippen molar-refractivity contribution < 1.29 is 4.79 Å². The fourth-order valence-electron chi connectivity index (χ4n) is 2.88. The maximum absolute atomic E-state index is 11.3. The minimum Gasteiger partial charge on any atom is -0.366 e. The van der Waals surface area contributed by atoms with Gasteiger partial charge in [-0.1, -0.05) is 60.1 Å². The van der Waals surface area contributed by atoms with Gasteiger partial charge in [0.1, 0.15) is 0 Å². The van der Waals surface area contributed by atoms with Gasteiger partial charge >= 0.3 is 0 Å². The van der Waals surface area contributed by atoms with Gasteiger partial charge in [-0.3, -0.25) is 9.78 Å². The summed E-state index contributed by atoms with van der Waals surface area (Å²) >= 11 is 6.37. The van der Waals surface area contributed by atoms with Crippen LogP contribution in [-0.4, -0.2) is 20.9 Å². The van der Waals surface area contributed by atoms with Crippen molar-refractivity contribution in [2.24, 2.45) is 5.73 Å². The summed E-state index contributed by atoms with van der Waals surface area (Å²) < 4.78 is 0. The Morgan fingerprint density at radius 1 is 0.897 bits per heavy atom. The number of anilines is 2. The summed E-state index contributed by atoms with van der Waals surface area (Å²) in [5, 5.41) is 3.47. The van der Waals surface area contributed by atoms with Crippen LogP contribution in [0.25, 0.3) is 22.4 Å². The van der Waals surface area contributed by atoms with Crippen LogP contribution in [0.1, 0.15) is 10.4 Å². The lowest BCUT2D eigenvalue weighted by atomic mass is 10.0. The molecule has 29 heavy (non-hydrogen) atoms. The molecule has 0 spiro atoms. The van der Waals surface area contributed by atoms with Crippen molar-refractivity contribution in [2.75, 3.05) is 5.32 Å². The lowest BCUT2D eigenvalue weighted by molar-refractivity contribution is 0.1000. The summed E-state index contributed by atoms with van der Waals surface area (Å²) in [6.45, 7) is 0. The number of carbonyl (C=O) groups excluding carboxylic acids is 1. The van der Waals surface area contributed by atoms with E-state index in [4.69, 9.17) is 17.3 Å². The number of nitrogens with two attached hydrogens (primary N) is 1. The highest BCUT2D eigenvalue weighted by molar-refractivity contribution is 6.32. The standard InChI is InChI=1S/C22H16ClN5O/c23-19-13-26-22(27-18-10-17(21(24)29)11-25-12-18)28-20(19)16-8-4-7-15(9-16)14-5-2-1-3-6-14/h1-13H,(H2,24,29)(H,26,27,28). The zero-order valence-electron chi connectivity index (χ0n) is 15.2. The molecule has 6 nitrogen and oxygen atoms in total. The molecule has 0 unspecified atom stereocenters. The molecule has 0 fully saturated rings. The van der Waals surface area contributed by atoms with E-state index < -0.39 is 5.91 Å². The third-order valence-electron chi connectivity index (χ3n) is 4.27. The van der Waals surface area contributed by atoms with E-state index >= 15 is 0 Å². The lowest BCUT2D eigenvalue weighted by Gasteiger charge is -2.10. The molecule has 1 amide bonds. The number of primary amides is 1. The van der Waals surface area contributed by atoms with E-state index in [2.05, 4.69) is 20.3 Å². The molecule has 2 aromatic heterocycles. The molecular formula is C22H16ClN5O. The maximum atomic E-state index is 11.3. The van der Waals surface area contributed by atoms with E-state index in [0.29, 0.717) is 27.9 Å². The van der Waals surface area contributed by atoms with E-state index in [1.165, 1.54) is 12.4 Å². The van der Waals surface area contributed by atoms with E-state index in [0.717, 1.165) is 16.7 Å². The second-order valence-corrected chi connectivity index (χ2v) is 6.70.